The average Bonchev–Trinajstić information content (AvgIpc) is 3.38. The summed E-state index contributed by atoms with van der Waals surface area (Å²) in [5, 5.41) is 3.62. The zero-order valence-electron chi connectivity index (χ0n) is 28.2. The molecule has 0 aromatic heterocycles. The molecule has 2 unspecified atom stereocenters. The van der Waals surface area contributed by atoms with E-state index in [0.717, 1.165) is 44.0 Å². The summed E-state index contributed by atoms with van der Waals surface area (Å²) >= 11 is 4.50. The first-order valence-corrected chi connectivity index (χ1v) is 16.5. The van der Waals surface area contributed by atoms with E-state index < -0.39 is 0 Å². The third-order valence-electron chi connectivity index (χ3n) is 10.7. The van der Waals surface area contributed by atoms with Crippen molar-refractivity contribution < 1.29 is 4.74 Å². The lowest BCUT2D eigenvalue weighted by atomic mass is 9.43. The van der Waals surface area contributed by atoms with Crippen LogP contribution in [0.4, 0.5) is 0 Å². The van der Waals surface area contributed by atoms with Crippen LogP contribution in [0.15, 0.2) is 36.6 Å². The summed E-state index contributed by atoms with van der Waals surface area (Å²) in [6.07, 6.45) is 4.82. The van der Waals surface area contributed by atoms with Crippen molar-refractivity contribution in [1.82, 2.24) is 10.2 Å². The lowest BCUT2D eigenvalue weighted by Gasteiger charge is -2.62. The van der Waals surface area contributed by atoms with Crippen LogP contribution in [0.2, 0.25) is 0 Å². The van der Waals surface area contributed by atoms with Gasteiger partial charge in [-0.15, -0.1) is 0 Å². The molecule has 1 fully saturated rings. The topological polar surface area (TPSA) is 24.5 Å². The van der Waals surface area contributed by atoms with Gasteiger partial charge >= 0.3 is 0 Å². The van der Waals surface area contributed by atoms with Gasteiger partial charge in [0.1, 0.15) is 0 Å². The highest BCUT2D eigenvalue weighted by atomic mass is 32.1. The third kappa shape index (κ3) is 8.32. The normalized spacial score (nSPS) is 18.0. The summed E-state index contributed by atoms with van der Waals surface area (Å²) in [4.78, 5) is 2.56. The zero-order valence-corrected chi connectivity index (χ0v) is 29.1. The number of rotatable bonds is 15. The van der Waals surface area contributed by atoms with Crippen molar-refractivity contribution in [2.75, 3.05) is 39.3 Å². The van der Waals surface area contributed by atoms with E-state index in [1.54, 1.807) is 0 Å². The Bertz CT molecular complexity index is 916. The van der Waals surface area contributed by atoms with Crippen LogP contribution in [0.1, 0.15) is 119 Å². The summed E-state index contributed by atoms with van der Waals surface area (Å²) in [7, 11) is 0. The molecule has 1 aromatic rings. The molecule has 1 N–H and O–H groups in total. The molecule has 3 nitrogen and oxygen atoms in total. The van der Waals surface area contributed by atoms with Crippen molar-refractivity contribution in [3.63, 3.8) is 0 Å². The Morgan fingerprint density at radius 1 is 0.925 bits per heavy atom. The minimum atomic E-state index is -0.256. The molecule has 0 saturated carbocycles. The van der Waals surface area contributed by atoms with E-state index in [-0.39, 0.29) is 27.1 Å². The molecular weight excluding hydrogens is 508 g/mol. The quantitative estimate of drug-likeness (QED) is 0.124. The first kappa shape index (κ1) is 35.2. The maximum absolute atomic E-state index is 6.56. The van der Waals surface area contributed by atoms with E-state index in [9.17, 15) is 0 Å². The second-order valence-corrected chi connectivity index (χ2v) is 16.2. The highest BCUT2D eigenvalue weighted by Crippen LogP contribution is 2.66. The lowest BCUT2D eigenvalue weighted by Crippen LogP contribution is -2.55. The largest absolute Gasteiger partial charge is 0.498 e. The standard InChI is InChI=1S/C36H64N2OS/c1-28(39-25-15-20-37-21-24-38-22-13-14-23-38)36(12,33(5,6)7)35(10,11)34(8,9)31(26-32(2,3)4)30-18-16-29(27-40)17-19-30/h16-19,31,37,40H,1,13-15,20-27H2,2-12H3. The van der Waals surface area contributed by atoms with Gasteiger partial charge in [-0.3, -0.25) is 0 Å². The Balaban J connectivity index is 2.23. The summed E-state index contributed by atoms with van der Waals surface area (Å²) in [5.41, 5.74) is 2.42. The minimum absolute atomic E-state index is 0.0407. The fourth-order valence-electron chi connectivity index (χ4n) is 6.95. The van der Waals surface area contributed by atoms with Crippen molar-refractivity contribution in [3.05, 3.63) is 47.7 Å². The maximum Gasteiger partial charge on any atom is 0.0957 e. The van der Waals surface area contributed by atoms with Crippen LogP contribution >= 0.6 is 12.6 Å². The molecule has 1 heterocycles. The summed E-state index contributed by atoms with van der Waals surface area (Å²) in [6, 6.07) is 9.20. The van der Waals surface area contributed by atoms with Gasteiger partial charge in [-0.1, -0.05) is 107 Å². The minimum Gasteiger partial charge on any atom is -0.498 e. The van der Waals surface area contributed by atoms with E-state index in [0.29, 0.717) is 12.5 Å². The van der Waals surface area contributed by atoms with Crippen LogP contribution in [0.3, 0.4) is 0 Å². The summed E-state index contributed by atoms with van der Waals surface area (Å²) < 4.78 is 6.56. The number of likely N-dealkylation sites (tertiary alicyclic amines) is 1. The van der Waals surface area contributed by atoms with Crippen molar-refractivity contribution in [1.29, 1.82) is 0 Å². The molecule has 2 atom stereocenters. The molecule has 0 aliphatic carbocycles. The summed E-state index contributed by atoms with van der Waals surface area (Å²) in [5.74, 6) is 2.08. The van der Waals surface area contributed by atoms with Crippen LogP contribution < -0.4 is 5.32 Å². The molecule has 1 aromatic carbocycles. The van der Waals surface area contributed by atoms with E-state index >= 15 is 0 Å². The molecule has 2 rings (SSSR count). The van der Waals surface area contributed by atoms with Crippen LogP contribution in [-0.4, -0.2) is 44.2 Å². The van der Waals surface area contributed by atoms with Crippen molar-refractivity contribution in [3.8, 4) is 0 Å². The lowest BCUT2D eigenvalue weighted by molar-refractivity contribution is -0.117. The SMILES string of the molecule is C=C(OCCCNCCN1CCCC1)C(C)(C(C)(C)C)C(C)(C)C(C)(C)C(CC(C)(C)C)c1ccc(CS)cc1. The molecule has 4 heteroatoms. The molecule has 1 saturated heterocycles. The number of nitrogens with zero attached hydrogens (tertiary/aromatic N) is 1. The van der Waals surface area contributed by atoms with Crippen molar-refractivity contribution in [2.24, 2.45) is 27.1 Å². The second-order valence-electron chi connectivity index (χ2n) is 15.9. The molecule has 1 aliphatic rings. The van der Waals surface area contributed by atoms with Crippen LogP contribution in [0.25, 0.3) is 0 Å². The van der Waals surface area contributed by atoms with Gasteiger partial charge in [0.2, 0.25) is 0 Å². The number of nitrogens with one attached hydrogen (secondary N) is 1. The van der Waals surface area contributed by atoms with Gasteiger partial charge in [0.25, 0.3) is 0 Å². The molecular formula is C36H64N2OS. The van der Waals surface area contributed by atoms with Gasteiger partial charge in [-0.2, -0.15) is 12.6 Å². The van der Waals surface area contributed by atoms with Crippen molar-refractivity contribution >= 4 is 12.6 Å². The smallest absolute Gasteiger partial charge is 0.0957 e. The number of thiol groups is 1. The van der Waals surface area contributed by atoms with Gasteiger partial charge < -0.3 is 15.0 Å². The first-order chi connectivity index (χ1) is 18.4. The predicted octanol–water partition coefficient (Wildman–Crippen LogP) is 9.35. The molecule has 0 spiro atoms. The van der Waals surface area contributed by atoms with Crippen LogP contribution in [-0.2, 0) is 10.5 Å². The van der Waals surface area contributed by atoms with Crippen molar-refractivity contribution in [2.45, 2.75) is 114 Å². The molecule has 0 bridgehead atoms. The third-order valence-corrected chi connectivity index (χ3v) is 11.1. The monoisotopic (exact) mass is 572 g/mol. The molecule has 1 aliphatic heterocycles. The Morgan fingerprint density at radius 3 is 2.00 bits per heavy atom. The fourth-order valence-corrected chi connectivity index (χ4v) is 7.16. The number of ether oxygens (including phenoxy) is 1. The Labute approximate surface area is 254 Å². The molecule has 0 amide bonds. The zero-order chi connectivity index (χ0) is 30.4. The highest BCUT2D eigenvalue weighted by Gasteiger charge is 2.60. The van der Waals surface area contributed by atoms with Gasteiger partial charge in [0.05, 0.1) is 12.4 Å². The van der Waals surface area contributed by atoms with Gasteiger partial charge in [0, 0.05) is 24.3 Å². The maximum atomic E-state index is 6.56. The number of allylic oxidation sites excluding steroid dienone is 1. The van der Waals surface area contributed by atoms with Gasteiger partial charge in [-0.05, 0) is 84.0 Å². The van der Waals surface area contributed by atoms with E-state index in [2.05, 4.69) is 130 Å². The number of hydrogen-bond donors (Lipinski definition) is 2. The molecule has 40 heavy (non-hydrogen) atoms. The van der Waals surface area contributed by atoms with Gasteiger partial charge in [-0.25, -0.2) is 0 Å². The summed E-state index contributed by atoms with van der Waals surface area (Å²) in [6.45, 7) is 37.6. The highest BCUT2D eigenvalue weighted by molar-refractivity contribution is 7.79. The number of benzene rings is 1. The Morgan fingerprint density at radius 2 is 1.50 bits per heavy atom. The van der Waals surface area contributed by atoms with E-state index in [4.69, 9.17) is 4.74 Å². The first-order valence-electron chi connectivity index (χ1n) is 15.8. The average molecular weight is 573 g/mol. The molecule has 0 radical (unpaired) electrons. The second kappa shape index (κ2) is 14.0. The van der Waals surface area contributed by atoms with E-state index in [1.807, 2.05) is 0 Å². The Hall–Kier alpha value is -0.970. The number of hydrogen-bond acceptors (Lipinski definition) is 4. The van der Waals surface area contributed by atoms with Gasteiger partial charge in [0.15, 0.2) is 0 Å². The molecule has 230 valence electrons. The fraction of sp³-hybridized carbons (Fsp3) is 0.778. The van der Waals surface area contributed by atoms with Crippen LogP contribution in [0, 0.1) is 27.1 Å². The Kier molecular flexibility index (Phi) is 12.3. The van der Waals surface area contributed by atoms with Crippen LogP contribution in [0.5, 0.6) is 0 Å². The van der Waals surface area contributed by atoms with E-state index in [1.165, 1.54) is 37.1 Å². The predicted molar refractivity (Wildman–Crippen MR) is 179 cm³/mol.